The minimum atomic E-state index is -0.353. The van der Waals surface area contributed by atoms with Crippen molar-refractivity contribution < 1.29 is 41.8 Å². The maximum absolute atomic E-state index is 13.5. The highest BCUT2D eigenvalue weighted by atomic mass is 35.5. The number of ether oxygens (including phenoxy) is 3. The minimum Gasteiger partial charge on any atom is -0.445 e. The second-order valence-corrected chi connectivity index (χ2v) is 28.6. The minimum absolute atomic E-state index is 0.206. The monoisotopic (exact) mass is 1590 g/mol. The van der Waals surface area contributed by atoms with E-state index >= 15 is 0 Å². The molecule has 29 heteroatoms. The fraction of sp³-hybridized carbons (Fsp3) is 0.224. The van der Waals surface area contributed by atoms with Gasteiger partial charge in [0.2, 0.25) is 0 Å². The number of piperidine rings is 1. The standard InChI is InChI=1S/C26H20Cl3N3O3.C25H25Cl3N4O3.C25H19Cl3N4O3/c1-15(16-5-3-2-4-6-16)30-26(33)24-20-14-34-13-17(11-19-8-10-23(29)35-19)25(20)32(31-24)22-9-7-18(27)12-21(22)28;1-14-4-3-5-15(2)31(14)30-25(33)23-19-13-34-12-16(10-18-7-9-22(28)35-18)24(19)32(29-23)21-8-6-17(26)11-20(21)27;1-14(20-4-2-3-9-29-20)30-25(33)23-18-13-34-12-15(10-17-6-8-22(28)35-17)24(18)32(31-23)21-7-5-16(26)11-19(21)27/h2-12,15H,13-14H2,1H3,(H,30,33);6-11,14-15H,3-5,12-13H2,1-2H3,(H,30,33);2-11,14H,12-13H2,1H3,(H,30,33)/b17-11+;16-10+;15-10+/t15-;;/m1../s1. The Balaban J connectivity index is 0.000000140. The summed E-state index contributed by atoms with van der Waals surface area (Å²) in [6, 6.07) is 40.9. The molecule has 4 aliphatic heterocycles. The van der Waals surface area contributed by atoms with E-state index in [1.807, 2.05) is 85.6 Å². The van der Waals surface area contributed by atoms with Gasteiger partial charge in [-0.2, -0.15) is 15.3 Å². The van der Waals surface area contributed by atoms with Gasteiger partial charge in [-0.15, -0.1) is 0 Å². The van der Waals surface area contributed by atoms with Gasteiger partial charge < -0.3 is 38.1 Å². The molecule has 0 bridgehead atoms. The zero-order valence-electron chi connectivity index (χ0n) is 56.4. The van der Waals surface area contributed by atoms with E-state index in [-0.39, 0.29) is 95.4 Å². The highest BCUT2D eigenvalue weighted by Gasteiger charge is 2.36. The van der Waals surface area contributed by atoms with Gasteiger partial charge in [0, 0.05) is 66.8 Å². The summed E-state index contributed by atoms with van der Waals surface area (Å²) in [7, 11) is 0. The molecular formula is C76H64Cl9N11O9. The Kier molecular flexibility index (Phi) is 23.6. The molecule has 4 aromatic carbocycles. The number of hydrogen-bond acceptors (Lipinski definition) is 14. The van der Waals surface area contributed by atoms with E-state index < -0.39 is 0 Å². The summed E-state index contributed by atoms with van der Waals surface area (Å²) in [5.74, 6) is 0.725. The molecule has 4 aliphatic rings. The molecule has 1 saturated heterocycles. The first kappa shape index (κ1) is 74.8. The van der Waals surface area contributed by atoms with Crippen molar-refractivity contribution >= 4 is 157 Å². The van der Waals surface area contributed by atoms with Gasteiger partial charge in [-0.1, -0.05) is 112 Å². The summed E-state index contributed by atoms with van der Waals surface area (Å²) in [5.41, 5.74) is 13.8. The Morgan fingerprint density at radius 1 is 0.457 bits per heavy atom. The molecule has 4 atom stereocenters. The predicted octanol–water partition coefficient (Wildman–Crippen LogP) is 19.8. The summed E-state index contributed by atoms with van der Waals surface area (Å²) in [6.07, 6.45) is 10.3. The average molecular weight is 1590 g/mol. The van der Waals surface area contributed by atoms with Crippen LogP contribution in [-0.4, -0.2) is 89.0 Å². The second-order valence-electron chi connectivity index (χ2n) is 25.0. The van der Waals surface area contributed by atoms with Crippen LogP contribution in [0.5, 0.6) is 0 Å². The van der Waals surface area contributed by atoms with Crippen LogP contribution >= 0.6 is 104 Å². The summed E-state index contributed by atoms with van der Waals surface area (Å²) >= 11 is 55.9. The number of carbonyl (C=O) groups excluding carboxylic acids is 3. The molecule has 0 saturated carbocycles. The summed E-state index contributed by atoms with van der Waals surface area (Å²) in [5, 5.41) is 25.7. The van der Waals surface area contributed by atoms with Crippen LogP contribution in [-0.2, 0) is 34.0 Å². The van der Waals surface area contributed by atoms with Crippen molar-refractivity contribution in [2.45, 2.75) is 90.9 Å². The zero-order valence-corrected chi connectivity index (χ0v) is 63.2. The largest absolute Gasteiger partial charge is 0.445 e. The number of hydrogen-bond donors (Lipinski definition) is 3. The first-order valence-corrected chi connectivity index (χ1v) is 36.5. The Bertz CT molecular complexity index is 4930. The molecule has 0 spiro atoms. The number of aromatic nitrogens is 7. The van der Waals surface area contributed by atoms with E-state index in [2.05, 4.69) is 40.0 Å². The van der Waals surface area contributed by atoms with Gasteiger partial charge in [-0.05, 0) is 202 Å². The van der Waals surface area contributed by atoms with Gasteiger partial charge in [0.05, 0.1) is 107 Å². The lowest BCUT2D eigenvalue weighted by Gasteiger charge is -2.38. The number of pyridine rings is 1. The predicted molar refractivity (Wildman–Crippen MR) is 409 cm³/mol. The molecule has 1 fully saturated rings. The molecule has 3 amide bonds. The number of carbonyl (C=O) groups is 3. The molecule has 15 rings (SSSR count). The number of fused-ring (bicyclic) bond motifs is 3. The van der Waals surface area contributed by atoms with Crippen molar-refractivity contribution in [1.29, 1.82) is 0 Å². The van der Waals surface area contributed by atoms with E-state index in [1.54, 1.807) is 111 Å². The normalized spacial score (nSPS) is 17.4. The fourth-order valence-electron chi connectivity index (χ4n) is 12.7. The van der Waals surface area contributed by atoms with Crippen LogP contribution in [0.15, 0.2) is 159 Å². The fourth-order valence-corrected chi connectivity index (χ4v) is 14.6. The van der Waals surface area contributed by atoms with Gasteiger partial charge >= 0.3 is 0 Å². The topological polar surface area (TPSA) is 224 Å². The van der Waals surface area contributed by atoms with Crippen molar-refractivity contribution in [3.63, 3.8) is 0 Å². The lowest BCUT2D eigenvalue weighted by Crippen LogP contribution is -2.54. The van der Waals surface area contributed by atoms with Crippen LogP contribution in [0.25, 0.3) is 52.0 Å². The maximum Gasteiger partial charge on any atom is 0.286 e. The third-order valence-electron chi connectivity index (χ3n) is 17.7. The van der Waals surface area contributed by atoms with Crippen molar-refractivity contribution in [3.05, 3.63) is 271 Å². The number of hydrazine groups is 1. The van der Waals surface area contributed by atoms with E-state index in [9.17, 15) is 14.4 Å². The van der Waals surface area contributed by atoms with Gasteiger partial charge in [-0.25, -0.2) is 19.1 Å². The number of nitrogens with zero attached hydrogens (tertiary/aromatic N) is 8. The van der Waals surface area contributed by atoms with Crippen molar-refractivity contribution in [2.75, 3.05) is 19.8 Å². The lowest BCUT2D eigenvalue weighted by atomic mass is 9.99. The summed E-state index contributed by atoms with van der Waals surface area (Å²) < 4.78 is 39.1. The van der Waals surface area contributed by atoms with Crippen molar-refractivity contribution in [2.24, 2.45) is 0 Å². The number of rotatable bonds is 14. The molecular weight excluding hydrogens is 1530 g/mol. The molecule has 11 aromatic rings. The van der Waals surface area contributed by atoms with E-state index in [0.717, 1.165) is 52.9 Å². The Morgan fingerprint density at radius 3 is 1.20 bits per heavy atom. The van der Waals surface area contributed by atoms with Gasteiger partial charge in [0.15, 0.2) is 32.7 Å². The van der Waals surface area contributed by atoms with E-state index in [4.69, 9.17) is 142 Å². The van der Waals surface area contributed by atoms with Gasteiger partial charge in [0.25, 0.3) is 17.7 Å². The molecule has 7 aromatic heterocycles. The van der Waals surface area contributed by atoms with Crippen LogP contribution in [0, 0.1) is 0 Å². The van der Waals surface area contributed by atoms with E-state index in [1.165, 1.54) is 0 Å². The first-order chi connectivity index (χ1) is 50.6. The highest BCUT2D eigenvalue weighted by molar-refractivity contribution is 6.37. The van der Waals surface area contributed by atoms with Crippen LogP contribution < -0.4 is 16.1 Å². The Labute approximate surface area is 648 Å². The summed E-state index contributed by atoms with van der Waals surface area (Å²) in [6.45, 7) is 9.59. The van der Waals surface area contributed by atoms with Crippen molar-refractivity contribution in [3.8, 4) is 17.1 Å². The quantitative estimate of drug-likeness (QED) is 0.0921. The first-order valence-electron chi connectivity index (χ1n) is 33.1. The Morgan fingerprint density at radius 2 is 0.838 bits per heavy atom. The van der Waals surface area contributed by atoms with Crippen LogP contribution in [0.1, 0.15) is 153 Å². The van der Waals surface area contributed by atoms with Gasteiger partial charge in [0.1, 0.15) is 17.3 Å². The SMILES string of the molecule is CC(NC(=O)c1nn(-c2ccc(Cl)cc2Cl)c2c1COC/C2=C\c1ccc(Cl)o1)c1ccccn1.CC1CCCC(C)N1NC(=O)c1nn(-c2ccc(Cl)cc2Cl)c2c1COC/C2=C\c1ccc(Cl)o1.C[C@@H](NC(=O)c1nn(-c2ccc(Cl)cc2Cl)c2c1COC/C2=C\c1ccc(Cl)o1)c1ccccc1. The average Bonchev–Trinajstić information content (AvgIpc) is 1.63. The van der Waals surface area contributed by atoms with Crippen LogP contribution in [0.2, 0.25) is 45.8 Å². The molecule has 0 aliphatic carbocycles. The molecule has 3 unspecified atom stereocenters. The third kappa shape index (κ3) is 17.0. The lowest BCUT2D eigenvalue weighted by molar-refractivity contribution is 0.0363. The molecule has 11 heterocycles. The summed E-state index contributed by atoms with van der Waals surface area (Å²) in [4.78, 5) is 44.6. The smallest absolute Gasteiger partial charge is 0.286 e. The molecule has 20 nitrogen and oxygen atoms in total. The molecule has 0 radical (unpaired) electrons. The number of furan rings is 3. The number of amides is 3. The number of nitrogens with one attached hydrogen (secondary N) is 3. The zero-order chi connectivity index (χ0) is 73.7. The second kappa shape index (κ2) is 33.2. The van der Waals surface area contributed by atoms with Crippen molar-refractivity contribution in [1.82, 2.24) is 55.4 Å². The maximum atomic E-state index is 13.5. The highest BCUT2D eigenvalue weighted by Crippen LogP contribution is 2.40. The van der Waals surface area contributed by atoms with Gasteiger partial charge in [-0.3, -0.25) is 24.8 Å². The third-order valence-corrected chi connectivity index (χ3v) is 19.9. The number of halogens is 9. The Hall–Kier alpha value is -8.42. The molecule has 540 valence electrons. The van der Waals surface area contributed by atoms with Crippen LogP contribution in [0.4, 0.5) is 0 Å². The molecule has 105 heavy (non-hydrogen) atoms. The molecule has 3 N–H and O–H groups in total. The van der Waals surface area contributed by atoms with E-state index in [0.29, 0.717) is 111 Å². The number of benzene rings is 4. The van der Waals surface area contributed by atoms with Crippen LogP contribution in [0.3, 0.4) is 0 Å².